The van der Waals surface area contributed by atoms with Crippen molar-refractivity contribution in [3.8, 4) is 5.75 Å². The Kier molecular flexibility index (Phi) is 5.67. The van der Waals surface area contributed by atoms with Gasteiger partial charge in [-0.25, -0.2) is 0 Å². The lowest BCUT2D eigenvalue weighted by Crippen LogP contribution is -2.22. The SMILES string of the molecule is C=CCC(CC=C)C(=O)Nc1cc(OC)ccc1N. The summed E-state index contributed by atoms with van der Waals surface area (Å²) in [5.74, 6) is 0.369. The second-order valence-electron chi connectivity index (χ2n) is 4.19. The fraction of sp³-hybridized carbons (Fsp3) is 0.267. The molecule has 4 nitrogen and oxygen atoms in total. The van der Waals surface area contributed by atoms with Crippen LogP contribution in [-0.4, -0.2) is 13.0 Å². The number of benzene rings is 1. The summed E-state index contributed by atoms with van der Waals surface area (Å²) >= 11 is 0. The lowest BCUT2D eigenvalue weighted by molar-refractivity contribution is -0.119. The normalized spacial score (nSPS) is 10.0. The van der Waals surface area contributed by atoms with Crippen LogP contribution < -0.4 is 15.8 Å². The fourth-order valence-electron chi connectivity index (χ4n) is 1.72. The van der Waals surface area contributed by atoms with E-state index in [1.807, 2.05) is 0 Å². The zero-order valence-electron chi connectivity index (χ0n) is 11.2. The van der Waals surface area contributed by atoms with Gasteiger partial charge in [0.25, 0.3) is 0 Å². The van der Waals surface area contributed by atoms with E-state index in [2.05, 4.69) is 18.5 Å². The van der Waals surface area contributed by atoms with Crippen molar-refractivity contribution in [1.29, 1.82) is 0 Å². The molecule has 0 saturated carbocycles. The van der Waals surface area contributed by atoms with Crippen LogP contribution in [0.4, 0.5) is 11.4 Å². The van der Waals surface area contributed by atoms with Gasteiger partial charge in [0.15, 0.2) is 0 Å². The Labute approximate surface area is 114 Å². The van der Waals surface area contributed by atoms with Crippen LogP contribution in [0.25, 0.3) is 0 Å². The summed E-state index contributed by atoms with van der Waals surface area (Å²) in [5.41, 5.74) is 6.89. The zero-order chi connectivity index (χ0) is 14.3. The highest BCUT2D eigenvalue weighted by Gasteiger charge is 2.16. The molecule has 0 spiro atoms. The molecule has 0 unspecified atom stereocenters. The quantitative estimate of drug-likeness (QED) is 0.585. The lowest BCUT2D eigenvalue weighted by atomic mass is 10.0. The average Bonchev–Trinajstić information content (AvgIpc) is 2.41. The van der Waals surface area contributed by atoms with Gasteiger partial charge in [0.2, 0.25) is 5.91 Å². The van der Waals surface area contributed by atoms with E-state index in [1.165, 1.54) is 0 Å². The molecule has 19 heavy (non-hydrogen) atoms. The number of ether oxygens (including phenoxy) is 1. The number of hydrogen-bond donors (Lipinski definition) is 2. The number of amides is 1. The molecule has 0 heterocycles. The summed E-state index contributed by atoms with van der Waals surface area (Å²) < 4.78 is 5.11. The Morgan fingerprint density at radius 3 is 2.58 bits per heavy atom. The third-order valence-corrected chi connectivity index (χ3v) is 2.79. The summed E-state index contributed by atoms with van der Waals surface area (Å²) in [6, 6.07) is 5.15. The van der Waals surface area contributed by atoms with Crippen LogP contribution in [0.5, 0.6) is 5.75 Å². The van der Waals surface area contributed by atoms with Gasteiger partial charge in [-0.3, -0.25) is 4.79 Å². The smallest absolute Gasteiger partial charge is 0.228 e. The maximum atomic E-state index is 12.1. The minimum absolute atomic E-state index is 0.0975. The molecule has 0 aromatic heterocycles. The van der Waals surface area contributed by atoms with E-state index in [9.17, 15) is 4.79 Å². The van der Waals surface area contributed by atoms with Gasteiger partial charge in [0.1, 0.15) is 5.75 Å². The number of rotatable bonds is 7. The van der Waals surface area contributed by atoms with Gasteiger partial charge in [-0.15, -0.1) is 13.2 Å². The number of carbonyl (C=O) groups excluding carboxylic acids is 1. The van der Waals surface area contributed by atoms with Crippen molar-refractivity contribution in [3.63, 3.8) is 0 Å². The van der Waals surface area contributed by atoms with Gasteiger partial charge in [-0.1, -0.05) is 12.2 Å². The predicted molar refractivity (Wildman–Crippen MR) is 79.2 cm³/mol. The van der Waals surface area contributed by atoms with Gasteiger partial charge in [0.05, 0.1) is 18.5 Å². The van der Waals surface area contributed by atoms with Crippen molar-refractivity contribution in [1.82, 2.24) is 0 Å². The van der Waals surface area contributed by atoms with Gasteiger partial charge in [-0.2, -0.15) is 0 Å². The van der Waals surface area contributed by atoms with Crippen LogP contribution in [0.15, 0.2) is 43.5 Å². The highest BCUT2D eigenvalue weighted by atomic mass is 16.5. The van der Waals surface area contributed by atoms with Crippen LogP contribution in [0, 0.1) is 5.92 Å². The summed E-state index contributed by atoms with van der Waals surface area (Å²) in [6.07, 6.45) is 4.65. The molecule has 3 N–H and O–H groups in total. The van der Waals surface area contributed by atoms with Crippen LogP contribution in [0.1, 0.15) is 12.8 Å². The Morgan fingerprint density at radius 2 is 2.05 bits per heavy atom. The third kappa shape index (κ3) is 4.17. The molecular formula is C15H20N2O2. The molecule has 0 atom stereocenters. The molecule has 4 heteroatoms. The molecule has 1 aromatic carbocycles. The molecule has 0 fully saturated rings. The van der Waals surface area contributed by atoms with Crippen molar-refractivity contribution in [2.24, 2.45) is 5.92 Å². The number of anilines is 2. The Hall–Kier alpha value is -2.23. The molecule has 0 bridgehead atoms. The highest BCUT2D eigenvalue weighted by molar-refractivity contribution is 5.95. The average molecular weight is 260 g/mol. The number of allylic oxidation sites excluding steroid dienone is 2. The lowest BCUT2D eigenvalue weighted by Gasteiger charge is -2.15. The maximum absolute atomic E-state index is 12.1. The van der Waals surface area contributed by atoms with E-state index in [4.69, 9.17) is 10.5 Å². The second kappa shape index (κ2) is 7.26. The van der Waals surface area contributed by atoms with Crippen molar-refractivity contribution >= 4 is 17.3 Å². The van der Waals surface area contributed by atoms with Crippen molar-refractivity contribution in [2.75, 3.05) is 18.2 Å². The van der Waals surface area contributed by atoms with E-state index in [0.29, 0.717) is 30.0 Å². The standard InChI is InChI=1S/C15H20N2O2/c1-4-6-11(7-5-2)15(18)17-14-10-12(19-3)8-9-13(14)16/h4-5,8-11H,1-2,6-7,16H2,3H3,(H,17,18). The van der Waals surface area contributed by atoms with Crippen molar-refractivity contribution in [3.05, 3.63) is 43.5 Å². The van der Waals surface area contributed by atoms with Gasteiger partial charge >= 0.3 is 0 Å². The number of nitrogens with one attached hydrogen (secondary N) is 1. The number of nitrogen functional groups attached to an aromatic ring is 1. The van der Waals surface area contributed by atoms with Gasteiger partial charge < -0.3 is 15.8 Å². The van der Waals surface area contributed by atoms with E-state index >= 15 is 0 Å². The molecular weight excluding hydrogens is 240 g/mol. The van der Waals surface area contributed by atoms with Crippen LogP contribution in [0.2, 0.25) is 0 Å². The van der Waals surface area contributed by atoms with Gasteiger partial charge in [0, 0.05) is 12.0 Å². The first-order valence-electron chi connectivity index (χ1n) is 6.08. The molecule has 0 aliphatic carbocycles. The summed E-state index contributed by atoms with van der Waals surface area (Å²) in [5, 5.41) is 2.82. The molecule has 1 rings (SSSR count). The number of nitrogens with two attached hydrogens (primary N) is 1. The molecule has 0 radical (unpaired) electrons. The molecule has 1 aromatic rings. The highest BCUT2D eigenvalue weighted by Crippen LogP contribution is 2.25. The van der Waals surface area contributed by atoms with Gasteiger partial charge in [-0.05, 0) is 25.0 Å². The van der Waals surface area contributed by atoms with Crippen LogP contribution >= 0.6 is 0 Å². The summed E-state index contributed by atoms with van der Waals surface area (Å²) in [7, 11) is 1.56. The maximum Gasteiger partial charge on any atom is 0.228 e. The fourth-order valence-corrected chi connectivity index (χ4v) is 1.72. The molecule has 0 saturated heterocycles. The minimum atomic E-state index is -0.180. The monoisotopic (exact) mass is 260 g/mol. The second-order valence-corrected chi connectivity index (χ2v) is 4.19. The largest absolute Gasteiger partial charge is 0.497 e. The van der Waals surface area contributed by atoms with Crippen LogP contribution in [-0.2, 0) is 4.79 Å². The van der Waals surface area contributed by atoms with Crippen LogP contribution in [0.3, 0.4) is 0 Å². The summed E-state index contributed by atoms with van der Waals surface area (Å²) in [6.45, 7) is 7.32. The minimum Gasteiger partial charge on any atom is -0.497 e. The third-order valence-electron chi connectivity index (χ3n) is 2.79. The molecule has 0 aliphatic heterocycles. The predicted octanol–water partition coefficient (Wildman–Crippen LogP) is 2.98. The molecule has 102 valence electrons. The zero-order valence-corrected chi connectivity index (χ0v) is 11.2. The molecule has 0 aliphatic rings. The Morgan fingerprint density at radius 1 is 1.42 bits per heavy atom. The van der Waals surface area contributed by atoms with E-state index < -0.39 is 0 Å². The first kappa shape index (κ1) is 14.8. The number of methoxy groups -OCH3 is 1. The summed E-state index contributed by atoms with van der Waals surface area (Å²) in [4.78, 5) is 12.1. The Bertz CT molecular complexity index is 459. The van der Waals surface area contributed by atoms with E-state index in [1.54, 1.807) is 37.5 Å². The van der Waals surface area contributed by atoms with E-state index in [-0.39, 0.29) is 11.8 Å². The Balaban J connectivity index is 2.84. The number of carbonyl (C=O) groups is 1. The van der Waals surface area contributed by atoms with Crippen molar-refractivity contribution < 1.29 is 9.53 Å². The first-order valence-corrected chi connectivity index (χ1v) is 6.08. The topological polar surface area (TPSA) is 64.3 Å². The number of hydrogen-bond acceptors (Lipinski definition) is 3. The van der Waals surface area contributed by atoms with E-state index in [0.717, 1.165) is 0 Å². The van der Waals surface area contributed by atoms with Crippen molar-refractivity contribution in [2.45, 2.75) is 12.8 Å². The molecule has 1 amide bonds. The first-order chi connectivity index (χ1) is 9.12.